The second-order valence-electron chi connectivity index (χ2n) is 4.05. The molecule has 0 radical (unpaired) electrons. The van der Waals surface area contributed by atoms with E-state index in [0.29, 0.717) is 5.56 Å². The highest BCUT2D eigenvalue weighted by Gasteiger charge is 2.35. The molecule has 0 amide bonds. The minimum Gasteiger partial charge on any atom is -0.313 e. The Morgan fingerprint density at radius 1 is 1.05 bits per heavy atom. The molecule has 0 aliphatic carbocycles. The number of halogens is 3. The maximum Gasteiger partial charge on any atom is 0.418 e. The van der Waals surface area contributed by atoms with Gasteiger partial charge in [-0.1, -0.05) is 30.0 Å². The maximum absolute atomic E-state index is 12.8. The first kappa shape index (κ1) is 14.1. The standard InChI is InChI=1S/C15H11F3N2/c16-15(17,18)12-7-4-10-20-14(12)13(19)9-8-11-5-2-1-3-6-11/h1-7,10,13H,19H2/t13-/m0/s1. The van der Waals surface area contributed by atoms with Crippen LogP contribution in [0.5, 0.6) is 0 Å². The van der Waals surface area contributed by atoms with Crippen LogP contribution in [0.2, 0.25) is 0 Å². The lowest BCUT2D eigenvalue weighted by molar-refractivity contribution is -0.138. The molecule has 102 valence electrons. The molecule has 0 spiro atoms. The van der Waals surface area contributed by atoms with Crippen molar-refractivity contribution in [3.8, 4) is 11.8 Å². The third-order valence-electron chi connectivity index (χ3n) is 2.58. The zero-order valence-electron chi connectivity index (χ0n) is 10.4. The van der Waals surface area contributed by atoms with E-state index in [-0.39, 0.29) is 5.69 Å². The largest absolute Gasteiger partial charge is 0.418 e. The molecule has 0 saturated carbocycles. The van der Waals surface area contributed by atoms with Crippen LogP contribution in [0.25, 0.3) is 0 Å². The van der Waals surface area contributed by atoms with Crippen LogP contribution in [0.4, 0.5) is 13.2 Å². The lowest BCUT2D eigenvalue weighted by Gasteiger charge is -2.13. The average molecular weight is 276 g/mol. The number of hydrogen-bond acceptors (Lipinski definition) is 2. The summed E-state index contributed by atoms with van der Waals surface area (Å²) in [5.74, 6) is 5.33. The van der Waals surface area contributed by atoms with Gasteiger partial charge < -0.3 is 5.73 Å². The molecule has 20 heavy (non-hydrogen) atoms. The van der Waals surface area contributed by atoms with E-state index in [1.165, 1.54) is 12.3 Å². The number of benzene rings is 1. The van der Waals surface area contributed by atoms with Crippen molar-refractivity contribution in [3.05, 3.63) is 65.5 Å². The van der Waals surface area contributed by atoms with E-state index in [0.717, 1.165) is 6.07 Å². The first-order valence-electron chi connectivity index (χ1n) is 5.83. The second-order valence-corrected chi connectivity index (χ2v) is 4.05. The summed E-state index contributed by atoms with van der Waals surface area (Å²) in [5, 5.41) is 0. The molecule has 0 aliphatic rings. The molecule has 0 unspecified atom stereocenters. The molecular weight excluding hydrogens is 265 g/mol. The van der Waals surface area contributed by atoms with Gasteiger partial charge >= 0.3 is 6.18 Å². The van der Waals surface area contributed by atoms with Crippen LogP contribution < -0.4 is 5.73 Å². The third-order valence-corrected chi connectivity index (χ3v) is 2.58. The fraction of sp³-hybridized carbons (Fsp3) is 0.133. The Labute approximate surface area is 114 Å². The van der Waals surface area contributed by atoms with Crippen molar-refractivity contribution in [2.24, 2.45) is 5.73 Å². The summed E-state index contributed by atoms with van der Waals surface area (Å²) < 4.78 is 38.5. The van der Waals surface area contributed by atoms with Gasteiger partial charge in [0.05, 0.1) is 11.3 Å². The van der Waals surface area contributed by atoms with Gasteiger partial charge in [-0.25, -0.2) is 0 Å². The summed E-state index contributed by atoms with van der Waals surface area (Å²) in [4.78, 5) is 3.71. The molecule has 1 aromatic heterocycles. The molecular formula is C15H11F3N2. The van der Waals surface area contributed by atoms with Crippen molar-refractivity contribution >= 4 is 0 Å². The van der Waals surface area contributed by atoms with Crippen molar-refractivity contribution in [3.63, 3.8) is 0 Å². The third kappa shape index (κ3) is 3.37. The average Bonchev–Trinajstić information content (AvgIpc) is 2.45. The fourth-order valence-electron chi connectivity index (χ4n) is 1.66. The molecule has 0 bridgehead atoms. The number of aromatic nitrogens is 1. The Kier molecular flexibility index (Phi) is 4.06. The van der Waals surface area contributed by atoms with Gasteiger partial charge in [-0.2, -0.15) is 13.2 Å². The van der Waals surface area contributed by atoms with Crippen LogP contribution in [0.15, 0.2) is 48.7 Å². The molecule has 1 heterocycles. The minimum absolute atomic E-state index is 0.261. The molecule has 0 aliphatic heterocycles. The Balaban J connectivity index is 2.31. The highest BCUT2D eigenvalue weighted by Crippen LogP contribution is 2.32. The lowest BCUT2D eigenvalue weighted by Crippen LogP contribution is -2.17. The number of hydrogen-bond donors (Lipinski definition) is 1. The summed E-state index contributed by atoms with van der Waals surface area (Å²) in [6.45, 7) is 0. The van der Waals surface area contributed by atoms with E-state index in [4.69, 9.17) is 5.73 Å². The van der Waals surface area contributed by atoms with Crippen molar-refractivity contribution in [2.45, 2.75) is 12.2 Å². The predicted octanol–water partition coefficient (Wildman–Crippen LogP) is 3.15. The molecule has 2 nitrogen and oxygen atoms in total. The number of nitrogens with zero attached hydrogens (tertiary/aromatic N) is 1. The van der Waals surface area contributed by atoms with Crippen LogP contribution in [0.1, 0.15) is 22.9 Å². The molecule has 5 heteroatoms. The van der Waals surface area contributed by atoms with Gasteiger partial charge in [-0.05, 0) is 24.3 Å². The Morgan fingerprint density at radius 3 is 2.40 bits per heavy atom. The minimum atomic E-state index is -4.49. The number of pyridine rings is 1. The summed E-state index contributed by atoms with van der Waals surface area (Å²) in [6.07, 6.45) is -3.22. The molecule has 2 rings (SSSR count). The summed E-state index contributed by atoms with van der Waals surface area (Å²) in [5.41, 5.74) is 5.28. The van der Waals surface area contributed by atoms with Gasteiger partial charge in [0.25, 0.3) is 0 Å². The van der Waals surface area contributed by atoms with Crippen LogP contribution in [0.3, 0.4) is 0 Å². The number of rotatable bonds is 1. The van der Waals surface area contributed by atoms with E-state index < -0.39 is 17.8 Å². The van der Waals surface area contributed by atoms with Crippen molar-refractivity contribution in [1.29, 1.82) is 0 Å². The SMILES string of the molecule is N[C@@H](C#Cc1ccccc1)c1ncccc1C(F)(F)F. The van der Waals surface area contributed by atoms with Gasteiger partial charge in [0, 0.05) is 11.8 Å². The Hall–Kier alpha value is -2.32. The molecule has 1 aromatic carbocycles. The molecule has 0 saturated heterocycles. The van der Waals surface area contributed by atoms with Gasteiger partial charge in [-0.15, -0.1) is 0 Å². The highest BCUT2D eigenvalue weighted by atomic mass is 19.4. The summed E-state index contributed by atoms with van der Waals surface area (Å²) in [6, 6.07) is 10.00. The van der Waals surface area contributed by atoms with E-state index in [1.807, 2.05) is 6.07 Å². The van der Waals surface area contributed by atoms with Crippen molar-refractivity contribution < 1.29 is 13.2 Å². The Morgan fingerprint density at radius 2 is 1.75 bits per heavy atom. The second kappa shape index (κ2) is 5.76. The topological polar surface area (TPSA) is 38.9 Å². The van der Waals surface area contributed by atoms with E-state index >= 15 is 0 Å². The number of alkyl halides is 3. The quantitative estimate of drug-likeness (QED) is 0.813. The Bertz CT molecular complexity index is 639. The fourth-order valence-corrected chi connectivity index (χ4v) is 1.66. The molecule has 1 atom stereocenters. The number of nitrogens with two attached hydrogens (primary N) is 1. The van der Waals surface area contributed by atoms with E-state index in [2.05, 4.69) is 16.8 Å². The van der Waals surface area contributed by atoms with Crippen molar-refractivity contribution in [1.82, 2.24) is 4.98 Å². The molecule has 2 N–H and O–H groups in total. The van der Waals surface area contributed by atoms with Crippen LogP contribution in [0, 0.1) is 11.8 Å². The first-order valence-corrected chi connectivity index (χ1v) is 5.83. The van der Waals surface area contributed by atoms with Crippen molar-refractivity contribution in [2.75, 3.05) is 0 Å². The van der Waals surface area contributed by atoms with Gasteiger partial charge in [0.2, 0.25) is 0 Å². The van der Waals surface area contributed by atoms with E-state index in [1.54, 1.807) is 24.3 Å². The predicted molar refractivity (Wildman–Crippen MR) is 69.5 cm³/mol. The lowest BCUT2D eigenvalue weighted by atomic mass is 10.1. The zero-order chi connectivity index (χ0) is 14.6. The van der Waals surface area contributed by atoms with Gasteiger partial charge in [-0.3, -0.25) is 4.98 Å². The van der Waals surface area contributed by atoms with Gasteiger partial charge in [0.1, 0.15) is 6.04 Å². The van der Waals surface area contributed by atoms with E-state index in [9.17, 15) is 13.2 Å². The zero-order valence-corrected chi connectivity index (χ0v) is 10.4. The summed E-state index contributed by atoms with van der Waals surface area (Å²) >= 11 is 0. The summed E-state index contributed by atoms with van der Waals surface area (Å²) in [7, 11) is 0. The molecule has 0 fully saturated rings. The highest BCUT2D eigenvalue weighted by molar-refractivity contribution is 5.38. The van der Waals surface area contributed by atoms with Crippen LogP contribution >= 0.6 is 0 Å². The normalized spacial score (nSPS) is 12.4. The first-order chi connectivity index (χ1) is 9.48. The van der Waals surface area contributed by atoms with Gasteiger partial charge in [0.15, 0.2) is 0 Å². The van der Waals surface area contributed by atoms with Crippen LogP contribution in [-0.4, -0.2) is 4.98 Å². The smallest absolute Gasteiger partial charge is 0.313 e. The molecule has 2 aromatic rings. The van der Waals surface area contributed by atoms with Crippen LogP contribution in [-0.2, 0) is 6.18 Å². The monoisotopic (exact) mass is 276 g/mol. The maximum atomic E-state index is 12.8.